The van der Waals surface area contributed by atoms with E-state index in [0.717, 1.165) is 61.1 Å². The van der Waals surface area contributed by atoms with Gasteiger partial charge in [-0.15, -0.1) is 24.0 Å². The Morgan fingerprint density at radius 1 is 1.17 bits per heavy atom. The van der Waals surface area contributed by atoms with Crippen molar-refractivity contribution in [1.82, 2.24) is 15.6 Å². The molecule has 1 fully saturated rings. The quantitative estimate of drug-likeness (QED) is 0.335. The van der Waals surface area contributed by atoms with Gasteiger partial charge in [0.1, 0.15) is 11.6 Å². The number of halogens is 2. The van der Waals surface area contributed by atoms with E-state index >= 15 is 0 Å². The van der Waals surface area contributed by atoms with Crippen LogP contribution in [0, 0.1) is 12.7 Å². The zero-order valence-corrected chi connectivity index (χ0v) is 19.6. The molecule has 0 unspecified atom stereocenters. The standard InChI is InChI=1S/C22H30FN5.HI/c1-3-24-22(26-11-9-19-6-7-20(23)14-17(19)2)27-16-18-8-10-25-21(15-18)28-12-4-5-13-28;/h6-8,10,14-15H,3-5,9,11-13,16H2,1-2H3,(H2,24,26,27);1H. The fraction of sp³-hybridized carbons (Fsp3) is 0.455. The maximum absolute atomic E-state index is 13.2. The van der Waals surface area contributed by atoms with Crippen LogP contribution in [0.1, 0.15) is 36.5 Å². The summed E-state index contributed by atoms with van der Waals surface area (Å²) in [6, 6.07) is 9.11. The SMILES string of the molecule is CCNC(=NCc1ccnc(N2CCCC2)c1)NCCc1ccc(F)cc1C.I. The van der Waals surface area contributed by atoms with E-state index in [1.165, 1.54) is 18.9 Å². The van der Waals surface area contributed by atoms with Crippen molar-refractivity contribution in [2.75, 3.05) is 31.1 Å². The predicted molar refractivity (Wildman–Crippen MR) is 129 cm³/mol. The van der Waals surface area contributed by atoms with Gasteiger partial charge in [0.05, 0.1) is 6.54 Å². The highest BCUT2D eigenvalue weighted by Gasteiger charge is 2.13. The van der Waals surface area contributed by atoms with E-state index < -0.39 is 0 Å². The number of rotatable bonds is 7. The lowest BCUT2D eigenvalue weighted by Gasteiger charge is -2.16. The van der Waals surface area contributed by atoms with E-state index in [1.54, 1.807) is 6.07 Å². The Balaban J connectivity index is 0.00000300. The number of nitrogens with zero attached hydrogens (tertiary/aromatic N) is 3. The Kier molecular flexibility index (Phi) is 9.63. The number of guanidine groups is 1. The molecule has 0 amide bonds. The number of hydrogen-bond donors (Lipinski definition) is 2. The Morgan fingerprint density at radius 2 is 1.97 bits per heavy atom. The van der Waals surface area contributed by atoms with Crippen LogP contribution in [-0.2, 0) is 13.0 Å². The van der Waals surface area contributed by atoms with Crippen LogP contribution in [-0.4, -0.2) is 37.1 Å². The van der Waals surface area contributed by atoms with Crippen molar-refractivity contribution in [2.45, 2.75) is 39.7 Å². The second kappa shape index (κ2) is 11.9. The van der Waals surface area contributed by atoms with Gasteiger partial charge in [0.25, 0.3) is 0 Å². The molecular formula is C22H31FIN5. The van der Waals surface area contributed by atoms with Crippen LogP contribution in [0.2, 0.25) is 0 Å². The fourth-order valence-corrected chi connectivity index (χ4v) is 3.45. The molecule has 3 rings (SSSR count). The van der Waals surface area contributed by atoms with Crippen LogP contribution >= 0.6 is 24.0 Å². The van der Waals surface area contributed by atoms with Crippen LogP contribution < -0.4 is 15.5 Å². The minimum absolute atomic E-state index is 0. The van der Waals surface area contributed by atoms with Crippen molar-refractivity contribution in [3.05, 3.63) is 59.0 Å². The molecule has 0 saturated carbocycles. The molecule has 2 N–H and O–H groups in total. The zero-order valence-electron chi connectivity index (χ0n) is 17.2. The van der Waals surface area contributed by atoms with E-state index in [4.69, 9.17) is 4.99 Å². The third-order valence-electron chi connectivity index (χ3n) is 5.00. The lowest BCUT2D eigenvalue weighted by Crippen LogP contribution is -2.38. The third kappa shape index (κ3) is 7.13. The third-order valence-corrected chi connectivity index (χ3v) is 5.00. The molecule has 158 valence electrons. The molecule has 0 radical (unpaired) electrons. The fourth-order valence-electron chi connectivity index (χ4n) is 3.45. The summed E-state index contributed by atoms with van der Waals surface area (Å²) < 4.78 is 13.2. The van der Waals surface area contributed by atoms with E-state index in [-0.39, 0.29) is 29.8 Å². The first-order chi connectivity index (χ1) is 13.7. The molecule has 5 nitrogen and oxygen atoms in total. The first kappa shape index (κ1) is 23.4. The summed E-state index contributed by atoms with van der Waals surface area (Å²) in [6.07, 6.45) is 5.18. The second-order valence-electron chi connectivity index (χ2n) is 7.16. The van der Waals surface area contributed by atoms with E-state index in [2.05, 4.69) is 33.5 Å². The summed E-state index contributed by atoms with van der Waals surface area (Å²) in [6.45, 7) is 8.33. The van der Waals surface area contributed by atoms with Crippen molar-refractivity contribution in [3.8, 4) is 0 Å². The Labute approximate surface area is 190 Å². The van der Waals surface area contributed by atoms with Crippen LogP contribution in [0.5, 0.6) is 0 Å². The minimum atomic E-state index is -0.185. The van der Waals surface area contributed by atoms with Crippen LogP contribution in [0.25, 0.3) is 0 Å². The van der Waals surface area contributed by atoms with Gasteiger partial charge in [-0.2, -0.15) is 0 Å². The number of benzene rings is 1. The molecule has 1 saturated heterocycles. The average Bonchev–Trinajstić information content (AvgIpc) is 3.23. The number of pyridine rings is 1. The molecule has 29 heavy (non-hydrogen) atoms. The molecule has 7 heteroatoms. The maximum atomic E-state index is 13.2. The van der Waals surface area contributed by atoms with Crippen molar-refractivity contribution in [1.29, 1.82) is 0 Å². The Bertz CT molecular complexity index is 806. The minimum Gasteiger partial charge on any atom is -0.357 e. The number of aliphatic imine (C=N–C) groups is 1. The van der Waals surface area contributed by atoms with Crippen LogP contribution in [0.3, 0.4) is 0 Å². The monoisotopic (exact) mass is 511 g/mol. The summed E-state index contributed by atoms with van der Waals surface area (Å²) in [7, 11) is 0. The molecule has 0 atom stereocenters. The highest BCUT2D eigenvalue weighted by Crippen LogP contribution is 2.18. The molecule has 0 bridgehead atoms. The summed E-state index contributed by atoms with van der Waals surface area (Å²) in [5, 5.41) is 6.66. The van der Waals surface area contributed by atoms with Crippen LogP contribution in [0.15, 0.2) is 41.5 Å². The van der Waals surface area contributed by atoms with Crippen molar-refractivity contribution in [3.63, 3.8) is 0 Å². The summed E-state index contributed by atoms with van der Waals surface area (Å²) in [4.78, 5) is 11.5. The van der Waals surface area contributed by atoms with Gasteiger partial charge in [0, 0.05) is 32.4 Å². The van der Waals surface area contributed by atoms with Crippen molar-refractivity contribution < 1.29 is 4.39 Å². The largest absolute Gasteiger partial charge is 0.357 e. The molecule has 0 spiro atoms. The Morgan fingerprint density at radius 3 is 2.69 bits per heavy atom. The summed E-state index contributed by atoms with van der Waals surface area (Å²) in [5.41, 5.74) is 3.28. The molecule has 1 aliphatic heterocycles. The number of aryl methyl sites for hydroxylation is 1. The first-order valence-electron chi connectivity index (χ1n) is 10.1. The van der Waals surface area contributed by atoms with E-state index in [9.17, 15) is 4.39 Å². The highest BCUT2D eigenvalue weighted by atomic mass is 127. The van der Waals surface area contributed by atoms with E-state index in [0.29, 0.717) is 6.54 Å². The number of nitrogens with one attached hydrogen (secondary N) is 2. The van der Waals surface area contributed by atoms with Gasteiger partial charge in [-0.25, -0.2) is 14.4 Å². The van der Waals surface area contributed by atoms with Gasteiger partial charge in [-0.1, -0.05) is 6.07 Å². The molecule has 2 aromatic rings. The maximum Gasteiger partial charge on any atom is 0.191 e. The summed E-state index contributed by atoms with van der Waals surface area (Å²) >= 11 is 0. The molecule has 2 heterocycles. The van der Waals surface area contributed by atoms with Crippen molar-refractivity contribution in [2.24, 2.45) is 4.99 Å². The highest BCUT2D eigenvalue weighted by molar-refractivity contribution is 14.0. The second-order valence-corrected chi connectivity index (χ2v) is 7.16. The number of aromatic nitrogens is 1. The normalized spacial score (nSPS) is 13.9. The van der Waals surface area contributed by atoms with Gasteiger partial charge in [-0.05, 0) is 74.1 Å². The molecule has 1 aromatic heterocycles. The lowest BCUT2D eigenvalue weighted by molar-refractivity contribution is 0.625. The van der Waals surface area contributed by atoms with Crippen molar-refractivity contribution >= 4 is 35.8 Å². The van der Waals surface area contributed by atoms with E-state index in [1.807, 2.05) is 25.3 Å². The summed E-state index contributed by atoms with van der Waals surface area (Å²) in [5.74, 6) is 1.66. The molecule has 1 aliphatic rings. The number of anilines is 1. The smallest absolute Gasteiger partial charge is 0.191 e. The number of hydrogen-bond acceptors (Lipinski definition) is 3. The molecule has 0 aliphatic carbocycles. The molecule has 1 aromatic carbocycles. The zero-order chi connectivity index (χ0) is 19.8. The van der Waals surface area contributed by atoms with Gasteiger partial charge >= 0.3 is 0 Å². The predicted octanol–water partition coefficient (Wildman–Crippen LogP) is 4.05. The first-order valence-corrected chi connectivity index (χ1v) is 10.1. The van der Waals surface area contributed by atoms with Crippen LogP contribution in [0.4, 0.5) is 10.2 Å². The average molecular weight is 511 g/mol. The van der Waals surface area contributed by atoms with Gasteiger partial charge in [0.2, 0.25) is 0 Å². The topological polar surface area (TPSA) is 52.6 Å². The Hall–Kier alpha value is -1.90. The molecular weight excluding hydrogens is 480 g/mol. The van der Waals surface area contributed by atoms with Gasteiger partial charge in [0.15, 0.2) is 5.96 Å². The lowest BCUT2D eigenvalue weighted by atomic mass is 10.1. The van der Waals surface area contributed by atoms with Gasteiger partial charge in [-0.3, -0.25) is 0 Å². The van der Waals surface area contributed by atoms with Gasteiger partial charge < -0.3 is 15.5 Å².